The van der Waals surface area contributed by atoms with Gasteiger partial charge in [0, 0.05) is 42.8 Å². The van der Waals surface area contributed by atoms with Gasteiger partial charge in [-0.25, -0.2) is 16.3 Å². The zero-order chi connectivity index (χ0) is 16.1. The molecular formula is C15H20N6O. The summed E-state index contributed by atoms with van der Waals surface area (Å²) >= 11 is 0. The van der Waals surface area contributed by atoms with Crippen molar-refractivity contribution < 1.29 is 4.79 Å². The number of fused-ring (bicyclic) bond motifs is 1. The number of rotatable bonds is 5. The number of H-pyrrole nitrogens is 1. The van der Waals surface area contributed by atoms with E-state index in [0.29, 0.717) is 5.56 Å². The van der Waals surface area contributed by atoms with Crippen LogP contribution in [0.3, 0.4) is 0 Å². The fraction of sp³-hybridized carbons (Fsp3) is 0.200. The summed E-state index contributed by atoms with van der Waals surface area (Å²) in [4.78, 5) is 19.6. The highest BCUT2D eigenvalue weighted by atomic mass is 16.2. The second-order valence-corrected chi connectivity index (χ2v) is 4.74. The van der Waals surface area contributed by atoms with Crippen molar-refractivity contribution in [3.8, 4) is 0 Å². The smallest absolute Gasteiger partial charge is 0.273 e. The molecule has 0 aliphatic carbocycles. The molecule has 7 heteroatoms. The van der Waals surface area contributed by atoms with Gasteiger partial charge in [-0.15, -0.1) is 0 Å². The van der Waals surface area contributed by atoms with E-state index in [-0.39, 0.29) is 5.91 Å². The van der Waals surface area contributed by atoms with Crippen LogP contribution in [0.15, 0.2) is 36.9 Å². The van der Waals surface area contributed by atoms with Gasteiger partial charge in [-0.05, 0) is 25.5 Å². The fourth-order valence-electron chi connectivity index (χ4n) is 2.08. The number of hydrazine groups is 2. The number of allylic oxidation sites excluding steroid dienone is 2. The molecule has 0 fully saturated rings. The van der Waals surface area contributed by atoms with E-state index in [1.165, 1.54) is 12.4 Å². The lowest BCUT2D eigenvalue weighted by Gasteiger charge is -2.11. The van der Waals surface area contributed by atoms with Crippen LogP contribution in [0.25, 0.3) is 16.6 Å². The van der Waals surface area contributed by atoms with Gasteiger partial charge in [0.25, 0.3) is 5.91 Å². The van der Waals surface area contributed by atoms with Gasteiger partial charge >= 0.3 is 0 Å². The van der Waals surface area contributed by atoms with E-state index in [1.54, 1.807) is 26.1 Å². The summed E-state index contributed by atoms with van der Waals surface area (Å²) in [5, 5.41) is 1.91. The number of nitrogens with two attached hydrogens (primary N) is 1. The van der Waals surface area contributed by atoms with Crippen molar-refractivity contribution in [3.63, 3.8) is 0 Å². The first-order valence-electron chi connectivity index (χ1n) is 6.86. The van der Waals surface area contributed by atoms with Gasteiger partial charge in [-0.2, -0.15) is 0 Å². The van der Waals surface area contributed by atoms with Crippen LogP contribution in [0.2, 0.25) is 0 Å². The molecule has 1 amide bonds. The monoisotopic (exact) mass is 300 g/mol. The molecule has 0 aliphatic rings. The number of carbonyl (C=O) groups is 1. The number of hydrogen-bond donors (Lipinski definition) is 4. The molecule has 7 nitrogen and oxygen atoms in total. The third-order valence-electron chi connectivity index (χ3n) is 3.18. The predicted molar refractivity (Wildman–Crippen MR) is 87.1 cm³/mol. The van der Waals surface area contributed by atoms with Crippen molar-refractivity contribution in [3.05, 3.63) is 48.1 Å². The number of hydrogen-bond acceptors (Lipinski definition) is 5. The van der Waals surface area contributed by atoms with Gasteiger partial charge in [-0.3, -0.25) is 9.80 Å². The molecule has 2 rings (SSSR count). The number of amides is 1. The number of nitrogens with one attached hydrogen (secondary N) is 3. The van der Waals surface area contributed by atoms with Crippen LogP contribution < -0.4 is 16.7 Å². The molecule has 0 aromatic carbocycles. The molecule has 5 N–H and O–H groups in total. The molecule has 2 heterocycles. The van der Waals surface area contributed by atoms with Crippen molar-refractivity contribution in [1.82, 2.24) is 25.8 Å². The molecule has 0 atom stereocenters. The highest BCUT2D eigenvalue weighted by molar-refractivity contribution is 5.99. The topological polar surface area (TPSA) is 99.1 Å². The summed E-state index contributed by atoms with van der Waals surface area (Å²) in [6, 6.07) is 1.79. The minimum Gasteiger partial charge on any atom is -0.346 e. The number of aromatic nitrogens is 2. The normalized spacial score (nSPS) is 12.1. The van der Waals surface area contributed by atoms with Crippen LogP contribution in [-0.2, 0) is 0 Å². The Morgan fingerprint density at radius 1 is 1.50 bits per heavy atom. The van der Waals surface area contributed by atoms with Crippen LogP contribution in [0.1, 0.15) is 29.8 Å². The van der Waals surface area contributed by atoms with Crippen LogP contribution >= 0.6 is 0 Å². The molecule has 0 radical (unpaired) electrons. The van der Waals surface area contributed by atoms with Crippen LogP contribution in [0, 0.1) is 0 Å². The number of pyridine rings is 1. The molecule has 0 spiro atoms. The van der Waals surface area contributed by atoms with E-state index < -0.39 is 0 Å². The Balaban J connectivity index is 2.43. The van der Waals surface area contributed by atoms with E-state index in [4.69, 9.17) is 5.84 Å². The Labute approximate surface area is 128 Å². The first-order chi connectivity index (χ1) is 10.6. The lowest BCUT2D eigenvalue weighted by molar-refractivity contribution is 0.0822. The Morgan fingerprint density at radius 3 is 2.95 bits per heavy atom. The maximum atomic E-state index is 12.2. The summed E-state index contributed by atoms with van der Waals surface area (Å²) < 4.78 is 0. The summed E-state index contributed by atoms with van der Waals surface area (Å²) in [5.74, 6) is 5.36. The van der Waals surface area contributed by atoms with Gasteiger partial charge in [0.05, 0.1) is 5.56 Å². The lowest BCUT2D eigenvalue weighted by Crippen LogP contribution is -2.32. The fourth-order valence-corrected chi connectivity index (χ4v) is 2.08. The van der Waals surface area contributed by atoms with Gasteiger partial charge < -0.3 is 10.4 Å². The molecule has 22 heavy (non-hydrogen) atoms. The third-order valence-corrected chi connectivity index (χ3v) is 3.18. The van der Waals surface area contributed by atoms with Crippen molar-refractivity contribution in [1.29, 1.82) is 0 Å². The predicted octanol–water partition coefficient (Wildman–Crippen LogP) is 1.50. The molecule has 0 saturated heterocycles. The molecular weight excluding hydrogens is 280 g/mol. The van der Waals surface area contributed by atoms with Crippen LogP contribution in [-0.4, -0.2) is 27.9 Å². The van der Waals surface area contributed by atoms with E-state index in [0.717, 1.165) is 27.2 Å². The number of aromatic amines is 1. The number of nitrogens with zero attached hydrogens (tertiary/aromatic N) is 2. The van der Waals surface area contributed by atoms with Crippen molar-refractivity contribution in [2.75, 3.05) is 7.05 Å². The SMILES string of the molecule is C/C=C\N(N)C(=O)c1cnc2[nH]cc(/C(C)=C/NNC)c2c1. The highest BCUT2D eigenvalue weighted by Gasteiger charge is 2.14. The van der Waals surface area contributed by atoms with Crippen LogP contribution in [0.5, 0.6) is 0 Å². The summed E-state index contributed by atoms with van der Waals surface area (Å²) in [6.07, 6.45) is 8.42. The van der Waals surface area contributed by atoms with E-state index >= 15 is 0 Å². The molecule has 2 aromatic rings. The Kier molecular flexibility index (Phi) is 4.92. The average molecular weight is 300 g/mol. The second kappa shape index (κ2) is 6.88. The molecule has 2 aromatic heterocycles. The average Bonchev–Trinajstić information content (AvgIpc) is 2.95. The zero-order valence-electron chi connectivity index (χ0n) is 12.8. The zero-order valence-corrected chi connectivity index (χ0v) is 12.8. The summed E-state index contributed by atoms with van der Waals surface area (Å²) in [5.41, 5.74) is 8.88. The second-order valence-electron chi connectivity index (χ2n) is 4.74. The summed E-state index contributed by atoms with van der Waals surface area (Å²) in [7, 11) is 1.79. The Morgan fingerprint density at radius 2 is 2.27 bits per heavy atom. The van der Waals surface area contributed by atoms with Gasteiger partial charge in [-0.1, -0.05) is 6.08 Å². The van der Waals surface area contributed by atoms with Crippen molar-refractivity contribution in [2.45, 2.75) is 13.8 Å². The molecule has 0 aliphatic heterocycles. The first-order valence-corrected chi connectivity index (χ1v) is 6.86. The van der Waals surface area contributed by atoms with E-state index in [2.05, 4.69) is 20.8 Å². The maximum Gasteiger partial charge on any atom is 0.273 e. The van der Waals surface area contributed by atoms with Gasteiger partial charge in [0.15, 0.2) is 0 Å². The number of carbonyl (C=O) groups excluding carboxylic acids is 1. The van der Waals surface area contributed by atoms with Crippen molar-refractivity contribution >= 4 is 22.5 Å². The lowest BCUT2D eigenvalue weighted by atomic mass is 10.1. The maximum absolute atomic E-state index is 12.2. The van der Waals surface area contributed by atoms with Crippen LogP contribution in [0.4, 0.5) is 0 Å². The standard InChI is InChI=1S/C15H20N6O/c1-4-5-21(16)15(22)11-6-12-13(10(2)7-20-17-3)9-19-14(12)18-8-11/h4-9,17,20H,16H2,1-3H3,(H,18,19)/b5-4-,10-7+. The first kappa shape index (κ1) is 15.7. The van der Waals surface area contributed by atoms with E-state index in [1.807, 2.05) is 19.3 Å². The van der Waals surface area contributed by atoms with E-state index in [9.17, 15) is 4.79 Å². The largest absolute Gasteiger partial charge is 0.346 e. The molecule has 0 saturated carbocycles. The third kappa shape index (κ3) is 3.16. The van der Waals surface area contributed by atoms with Gasteiger partial charge in [0.1, 0.15) is 5.65 Å². The Hall–Kier alpha value is -2.64. The highest BCUT2D eigenvalue weighted by Crippen LogP contribution is 2.24. The minimum absolute atomic E-state index is 0.311. The summed E-state index contributed by atoms with van der Waals surface area (Å²) in [6.45, 7) is 3.76. The Bertz CT molecular complexity index is 731. The minimum atomic E-state index is -0.311. The van der Waals surface area contributed by atoms with Gasteiger partial charge in [0.2, 0.25) is 0 Å². The quantitative estimate of drug-likeness (QED) is 0.381. The molecule has 0 bridgehead atoms. The molecule has 0 unspecified atom stereocenters. The van der Waals surface area contributed by atoms with Crippen molar-refractivity contribution in [2.24, 2.45) is 5.84 Å². The molecule has 116 valence electrons.